The van der Waals surface area contributed by atoms with E-state index < -0.39 is 35.2 Å². The Balaban J connectivity index is 1.63. The third-order valence-electron chi connectivity index (χ3n) is 9.66. The molecule has 0 fully saturated rings. The lowest BCUT2D eigenvalue weighted by molar-refractivity contribution is -0.138. The van der Waals surface area contributed by atoms with Crippen LogP contribution in [0.15, 0.2) is 109 Å². The smallest absolute Gasteiger partial charge is 0.308 e. The first kappa shape index (κ1) is 35.3. The van der Waals surface area contributed by atoms with Gasteiger partial charge in [-0.05, 0) is 84.8 Å². The van der Waals surface area contributed by atoms with Crippen LogP contribution in [0.5, 0.6) is 0 Å². The molecule has 8 aromatic rings. The predicted octanol–water partition coefficient (Wildman–Crippen LogP) is 12.7. The number of nitriles is 2. The van der Waals surface area contributed by atoms with Gasteiger partial charge in [0.05, 0.1) is 73.4 Å². The maximum absolute atomic E-state index is 14.3. The minimum absolute atomic E-state index is 0.0579. The third kappa shape index (κ3) is 5.80. The molecule has 0 N–H and O–H groups in total. The Kier molecular flexibility index (Phi) is 7.80. The number of nitrogens with zero attached hydrogens (tertiary/aromatic N) is 4. The fraction of sp³-hybridized carbons (Fsp3) is 0.0952. The number of fused-ring (bicyclic) bond motifs is 6. The molecule has 4 nitrogen and oxygen atoms in total. The van der Waals surface area contributed by atoms with Gasteiger partial charge in [0.1, 0.15) is 0 Å². The first-order valence-corrected chi connectivity index (χ1v) is 16.4. The molecule has 0 atom stereocenters. The van der Waals surface area contributed by atoms with E-state index in [-0.39, 0.29) is 61.0 Å². The maximum atomic E-state index is 14.3. The van der Waals surface area contributed by atoms with Gasteiger partial charge in [-0.25, -0.2) is 0 Å². The van der Waals surface area contributed by atoms with Crippen LogP contribution in [0.1, 0.15) is 33.4 Å². The summed E-state index contributed by atoms with van der Waals surface area (Å²) >= 11 is 0. The van der Waals surface area contributed by atoms with E-state index in [0.29, 0.717) is 16.3 Å². The van der Waals surface area contributed by atoms with Crippen molar-refractivity contribution in [2.45, 2.75) is 25.5 Å². The summed E-state index contributed by atoms with van der Waals surface area (Å²) in [5.74, 6) is 0. The van der Waals surface area contributed by atoms with E-state index in [1.165, 1.54) is 45.5 Å². The molecule has 13 heteroatoms. The molecule has 2 heterocycles. The van der Waals surface area contributed by atoms with Crippen molar-refractivity contribution in [1.29, 1.82) is 10.5 Å². The predicted molar refractivity (Wildman–Crippen MR) is 190 cm³/mol. The molecule has 0 aliphatic carbocycles. The van der Waals surface area contributed by atoms with E-state index >= 15 is 0 Å². The molecule has 0 saturated carbocycles. The van der Waals surface area contributed by atoms with Gasteiger partial charge in [0.15, 0.2) is 0 Å². The maximum Gasteiger partial charge on any atom is 0.416 e. The van der Waals surface area contributed by atoms with Gasteiger partial charge in [-0.3, -0.25) is 0 Å². The first-order chi connectivity index (χ1) is 26.0. The molecule has 0 aliphatic rings. The summed E-state index contributed by atoms with van der Waals surface area (Å²) in [4.78, 5) is 0. The van der Waals surface area contributed by atoms with Crippen molar-refractivity contribution in [3.05, 3.63) is 143 Å². The van der Waals surface area contributed by atoms with Gasteiger partial charge in [-0.1, -0.05) is 42.5 Å². The number of benzene rings is 6. The van der Waals surface area contributed by atoms with E-state index in [4.69, 9.17) is 0 Å². The zero-order chi connectivity index (χ0) is 39.2. The van der Waals surface area contributed by atoms with Crippen LogP contribution in [0.2, 0.25) is 0 Å². The lowest BCUT2D eigenvalue weighted by atomic mass is 9.96. The summed E-state index contributed by atoms with van der Waals surface area (Å²) in [5.41, 5.74) is -1.86. The summed E-state index contributed by atoms with van der Waals surface area (Å²) in [6.45, 7) is 1.77. The zero-order valence-electron chi connectivity index (χ0n) is 28.1. The molecule has 0 spiro atoms. The lowest BCUT2D eigenvalue weighted by Crippen LogP contribution is -2.08. The molecule has 0 bridgehead atoms. The van der Waals surface area contributed by atoms with Crippen molar-refractivity contribution in [3.8, 4) is 34.6 Å². The van der Waals surface area contributed by atoms with Crippen molar-refractivity contribution in [2.75, 3.05) is 0 Å². The highest BCUT2D eigenvalue weighted by Gasteiger charge is 2.35. The second kappa shape index (κ2) is 12.1. The van der Waals surface area contributed by atoms with Crippen molar-refractivity contribution >= 4 is 43.6 Å². The topological polar surface area (TPSA) is 57.4 Å². The van der Waals surface area contributed by atoms with Crippen LogP contribution < -0.4 is 0 Å². The van der Waals surface area contributed by atoms with E-state index in [1.54, 1.807) is 31.2 Å². The molecule has 272 valence electrons. The van der Waals surface area contributed by atoms with Gasteiger partial charge in [-0.15, -0.1) is 0 Å². The third-order valence-corrected chi connectivity index (χ3v) is 9.66. The summed E-state index contributed by atoms with van der Waals surface area (Å²) < 4.78 is 131. The summed E-state index contributed by atoms with van der Waals surface area (Å²) in [7, 11) is 0. The van der Waals surface area contributed by atoms with Crippen LogP contribution in [0.4, 0.5) is 39.5 Å². The average Bonchev–Trinajstić information content (AvgIpc) is 3.64. The van der Waals surface area contributed by atoms with Crippen LogP contribution in [0.3, 0.4) is 0 Å². The largest absolute Gasteiger partial charge is 0.416 e. The molecule has 55 heavy (non-hydrogen) atoms. The molecule has 2 aromatic heterocycles. The van der Waals surface area contributed by atoms with Crippen molar-refractivity contribution in [2.24, 2.45) is 0 Å². The summed E-state index contributed by atoms with van der Waals surface area (Å²) in [6.07, 6.45) is -14.5. The Morgan fingerprint density at radius 3 is 1.25 bits per heavy atom. The Bertz CT molecular complexity index is 2910. The van der Waals surface area contributed by atoms with Crippen molar-refractivity contribution in [1.82, 2.24) is 9.13 Å². The van der Waals surface area contributed by atoms with Gasteiger partial charge >= 0.3 is 18.5 Å². The molecular formula is C42H21F9N4. The van der Waals surface area contributed by atoms with Gasteiger partial charge in [0.25, 0.3) is 0 Å². The molecule has 8 rings (SSSR count). The number of aryl methyl sites for hydroxylation is 1. The fourth-order valence-electron chi connectivity index (χ4n) is 7.26. The van der Waals surface area contributed by atoms with Gasteiger partial charge < -0.3 is 9.13 Å². The molecule has 0 aliphatic heterocycles. The number of hydrogen-bond acceptors (Lipinski definition) is 2. The molecule has 6 aromatic carbocycles. The molecule has 0 unspecified atom stereocenters. The summed E-state index contributed by atoms with van der Waals surface area (Å²) in [5, 5.41) is 21.6. The minimum Gasteiger partial charge on any atom is -0.308 e. The van der Waals surface area contributed by atoms with Crippen molar-refractivity contribution < 1.29 is 39.5 Å². The second-order valence-electron chi connectivity index (χ2n) is 13.1. The second-order valence-corrected chi connectivity index (χ2v) is 13.1. The Morgan fingerprint density at radius 1 is 0.455 bits per heavy atom. The SMILES string of the molecule is Cc1ccc2c3ccc(C(F)(F)F)cc3n(-c3cc(C#N)cc(-n4c5cc(C(F)(F)F)ccc5c5ccc(C(F)(F)F)cc54)c3-c3cccc(C#N)c3)c2c1. The zero-order valence-corrected chi connectivity index (χ0v) is 28.1. The minimum atomic E-state index is -4.85. The quantitative estimate of drug-likeness (QED) is 0.169. The monoisotopic (exact) mass is 752 g/mol. The molecule has 0 radical (unpaired) electrons. The number of halogens is 9. The Labute approximate surface area is 305 Å². The van der Waals surface area contributed by atoms with Crippen molar-refractivity contribution in [3.63, 3.8) is 0 Å². The average molecular weight is 753 g/mol. The molecular weight excluding hydrogens is 731 g/mol. The summed E-state index contributed by atoms with van der Waals surface area (Å²) in [6, 6.07) is 26.7. The van der Waals surface area contributed by atoms with Crippen LogP contribution in [0, 0.1) is 29.6 Å². The molecule has 0 saturated heterocycles. The van der Waals surface area contributed by atoms with E-state index in [2.05, 4.69) is 0 Å². The Hall–Kier alpha value is -6.73. The molecule has 0 amide bonds. The van der Waals surface area contributed by atoms with Gasteiger partial charge in [0.2, 0.25) is 0 Å². The highest BCUT2D eigenvalue weighted by molar-refractivity contribution is 6.12. The number of aromatic nitrogens is 2. The highest BCUT2D eigenvalue weighted by atomic mass is 19.4. The van der Waals surface area contributed by atoms with E-state index in [9.17, 15) is 50.0 Å². The van der Waals surface area contributed by atoms with Crippen LogP contribution in [0.25, 0.3) is 66.1 Å². The first-order valence-electron chi connectivity index (χ1n) is 16.4. The van der Waals surface area contributed by atoms with E-state index in [0.717, 1.165) is 54.1 Å². The van der Waals surface area contributed by atoms with Gasteiger partial charge in [-0.2, -0.15) is 50.0 Å². The van der Waals surface area contributed by atoms with Gasteiger partial charge in [0, 0.05) is 27.1 Å². The van der Waals surface area contributed by atoms with E-state index in [1.807, 2.05) is 12.1 Å². The van der Waals surface area contributed by atoms with Crippen LogP contribution >= 0.6 is 0 Å². The normalized spacial score (nSPS) is 12.5. The lowest BCUT2D eigenvalue weighted by Gasteiger charge is -2.21. The number of hydrogen-bond donors (Lipinski definition) is 0. The number of rotatable bonds is 3. The standard InChI is InChI=1S/C42H21F9N4/c1-22-5-9-29-30-10-6-26(40(43,44)45)17-34(30)54(33(29)13-22)37-15-24(21-53)16-38(39(37)25-4-2-3-23(14-25)20-52)55-35-18-27(41(46,47)48)7-11-31(35)32-12-8-28(19-36(32)55)42(49,50)51/h2-19H,1H3. The fourth-order valence-corrected chi connectivity index (χ4v) is 7.26. The van der Waals surface area contributed by atoms with Crippen LogP contribution in [-0.2, 0) is 18.5 Å². The highest BCUT2D eigenvalue weighted by Crippen LogP contribution is 2.45. The number of alkyl halides is 9. The Morgan fingerprint density at radius 2 is 0.855 bits per heavy atom. The van der Waals surface area contributed by atoms with Crippen LogP contribution in [-0.4, -0.2) is 9.13 Å².